The number of nitrogens with zero attached hydrogens (tertiary/aromatic N) is 1. The molecule has 0 amide bonds. The summed E-state index contributed by atoms with van der Waals surface area (Å²) in [5, 5.41) is 0. The third-order valence-electron chi connectivity index (χ3n) is 1.88. The average molecular weight is 168 g/mol. The van der Waals surface area contributed by atoms with E-state index >= 15 is 0 Å². The highest BCUT2D eigenvalue weighted by Gasteiger charge is 2.10. The molecule has 0 aliphatic heterocycles. The van der Waals surface area contributed by atoms with Crippen molar-refractivity contribution in [3.63, 3.8) is 0 Å². The molecule has 3 nitrogen and oxygen atoms in total. The maximum Gasteiger partial charge on any atom is 0.135 e. The van der Waals surface area contributed by atoms with Gasteiger partial charge in [0.1, 0.15) is 5.76 Å². The molecular weight excluding hydrogens is 152 g/mol. The minimum atomic E-state index is 0.612. The molecule has 0 saturated carbocycles. The Morgan fingerprint density at radius 2 is 2.50 bits per heavy atom. The third-order valence-corrected chi connectivity index (χ3v) is 1.88. The van der Waals surface area contributed by atoms with Crippen LogP contribution >= 0.6 is 0 Å². The van der Waals surface area contributed by atoms with Crippen molar-refractivity contribution < 1.29 is 4.74 Å². The molecule has 12 heavy (non-hydrogen) atoms. The summed E-state index contributed by atoms with van der Waals surface area (Å²) in [5.74, 6) is 0.940. The second kappa shape index (κ2) is 4.93. The van der Waals surface area contributed by atoms with Crippen LogP contribution in [0.1, 0.15) is 19.3 Å². The van der Waals surface area contributed by atoms with Gasteiger partial charge in [0, 0.05) is 6.54 Å². The molecular formula is C9H16N2O. The Morgan fingerprint density at radius 3 is 3.17 bits per heavy atom. The van der Waals surface area contributed by atoms with E-state index in [2.05, 4.69) is 11.1 Å². The van der Waals surface area contributed by atoms with Crippen LogP contribution in [0.25, 0.3) is 0 Å². The normalized spacial score (nSPS) is 20.8. The van der Waals surface area contributed by atoms with Crippen LogP contribution < -0.4 is 5.73 Å². The van der Waals surface area contributed by atoms with Gasteiger partial charge in [-0.2, -0.15) is 0 Å². The van der Waals surface area contributed by atoms with Crippen molar-refractivity contribution in [2.45, 2.75) is 19.3 Å². The first-order chi connectivity index (χ1) is 5.88. The van der Waals surface area contributed by atoms with Gasteiger partial charge < -0.3 is 10.5 Å². The minimum Gasteiger partial charge on any atom is -0.495 e. The maximum atomic E-state index is 5.37. The van der Waals surface area contributed by atoms with Crippen LogP contribution in [0.5, 0.6) is 0 Å². The molecule has 3 heteroatoms. The zero-order chi connectivity index (χ0) is 8.81. The summed E-state index contributed by atoms with van der Waals surface area (Å²) < 4.78 is 5.19. The lowest BCUT2D eigenvalue weighted by Gasteiger charge is -2.14. The van der Waals surface area contributed by atoms with Gasteiger partial charge in [-0.05, 0) is 25.3 Å². The molecule has 0 atom stereocenters. The van der Waals surface area contributed by atoms with Crippen molar-refractivity contribution >= 4 is 5.71 Å². The van der Waals surface area contributed by atoms with Crippen molar-refractivity contribution in [3.8, 4) is 0 Å². The lowest BCUT2D eigenvalue weighted by atomic mass is 10.0. The molecule has 1 aliphatic rings. The lowest BCUT2D eigenvalue weighted by molar-refractivity contribution is 0.309. The number of hydrogen-bond donors (Lipinski definition) is 1. The van der Waals surface area contributed by atoms with Gasteiger partial charge in [0.05, 0.1) is 19.4 Å². The topological polar surface area (TPSA) is 47.6 Å². The lowest BCUT2D eigenvalue weighted by Crippen LogP contribution is -2.12. The Morgan fingerprint density at radius 1 is 1.67 bits per heavy atom. The van der Waals surface area contributed by atoms with Crippen LogP contribution in [-0.2, 0) is 4.74 Å². The van der Waals surface area contributed by atoms with Gasteiger partial charge in [-0.15, -0.1) is 0 Å². The molecule has 0 radical (unpaired) electrons. The van der Waals surface area contributed by atoms with Crippen LogP contribution in [0.4, 0.5) is 0 Å². The molecule has 0 fully saturated rings. The predicted octanol–water partition coefficient (Wildman–Crippen LogP) is 1.10. The fraction of sp³-hybridized carbons (Fsp3) is 0.667. The van der Waals surface area contributed by atoms with Gasteiger partial charge in [-0.1, -0.05) is 0 Å². The van der Waals surface area contributed by atoms with Crippen molar-refractivity contribution in [2.24, 2.45) is 10.7 Å². The fourth-order valence-electron chi connectivity index (χ4n) is 1.30. The summed E-state index contributed by atoms with van der Waals surface area (Å²) in [6.07, 6.45) is 5.40. The van der Waals surface area contributed by atoms with Gasteiger partial charge in [0.15, 0.2) is 0 Å². The molecule has 0 saturated heterocycles. The van der Waals surface area contributed by atoms with Crippen LogP contribution in [0, 0.1) is 0 Å². The summed E-state index contributed by atoms with van der Waals surface area (Å²) >= 11 is 0. The monoisotopic (exact) mass is 168 g/mol. The zero-order valence-corrected chi connectivity index (χ0v) is 7.55. The van der Waals surface area contributed by atoms with Crippen LogP contribution in [0.15, 0.2) is 16.8 Å². The van der Waals surface area contributed by atoms with Crippen LogP contribution in [0.2, 0.25) is 0 Å². The van der Waals surface area contributed by atoms with Gasteiger partial charge >= 0.3 is 0 Å². The number of methoxy groups -OCH3 is 1. The molecule has 68 valence electrons. The number of hydrogen-bond acceptors (Lipinski definition) is 3. The molecule has 0 aromatic rings. The summed E-state index contributed by atoms with van der Waals surface area (Å²) in [6.45, 7) is 1.32. The summed E-state index contributed by atoms with van der Waals surface area (Å²) in [5.41, 5.74) is 6.44. The summed E-state index contributed by atoms with van der Waals surface area (Å²) in [4.78, 5) is 4.35. The molecule has 1 rings (SSSR count). The van der Waals surface area contributed by atoms with Gasteiger partial charge in [-0.25, -0.2) is 0 Å². The highest BCUT2D eigenvalue weighted by atomic mass is 16.5. The van der Waals surface area contributed by atoms with E-state index < -0.39 is 0 Å². The number of rotatable bonds is 3. The second-order valence-electron chi connectivity index (χ2n) is 2.78. The van der Waals surface area contributed by atoms with E-state index in [-0.39, 0.29) is 0 Å². The molecule has 1 aliphatic carbocycles. The molecule has 0 aromatic heterocycles. The third kappa shape index (κ3) is 2.34. The van der Waals surface area contributed by atoms with Crippen molar-refractivity contribution in [1.82, 2.24) is 0 Å². The smallest absolute Gasteiger partial charge is 0.135 e. The van der Waals surface area contributed by atoms with Gasteiger partial charge in [-0.3, -0.25) is 4.99 Å². The van der Waals surface area contributed by atoms with Crippen LogP contribution in [-0.4, -0.2) is 25.9 Å². The first-order valence-corrected chi connectivity index (χ1v) is 4.36. The number of allylic oxidation sites excluding steroid dienone is 2. The Labute approximate surface area is 73.3 Å². The number of nitrogens with two attached hydrogens (primary N) is 1. The van der Waals surface area contributed by atoms with E-state index in [9.17, 15) is 0 Å². The SMILES string of the molecule is COC1=CCCCC1=NCCN. The molecule has 0 spiro atoms. The largest absolute Gasteiger partial charge is 0.495 e. The summed E-state index contributed by atoms with van der Waals surface area (Å²) in [7, 11) is 1.69. The zero-order valence-electron chi connectivity index (χ0n) is 7.55. The van der Waals surface area contributed by atoms with E-state index in [4.69, 9.17) is 10.5 Å². The first-order valence-electron chi connectivity index (χ1n) is 4.36. The van der Waals surface area contributed by atoms with Crippen molar-refractivity contribution in [2.75, 3.05) is 20.2 Å². The Kier molecular flexibility index (Phi) is 3.80. The number of aliphatic imine (C=N–C) groups is 1. The molecule has 2 N–H and O–H groups in total. The minimum absolute atomic E-state index is 0.612. The Bertz CT molecular complexity index is 197. The first kappa shape index (κ1) is 9.26. The highest BCUT2D eigenvalue weighted by Crippen LogP contribution is 2.15. The fourth-order valence-corrected chi connectivity index (χ4v) is 1.30. The predicted molar refractivity (Wildman–Crippen MR) is 50.3 cm³/mol. The second-order valence-corrected chi connectivity index (χ2v) is 2.78. The van der Waals surface area contributed by atoms with E-state index in [0.717, 1.165) is 24.3 Å². The van der Waals surface area contributed by atoms with Gasteiger partial charge in [0.25, 0.3) is 0 Å². The van der Waals surface area contributed by atoms with E-state index in [1.165, 1.54) is 6.42 Å². The van der Waals surface area contributed by atoms with Crippen LogP contribution in [0.3, 0.4) is 0 Å². The maximum absolute atomic E-state index is 5.37. The molecule has 0 bridgehead atoms. The van der Waals surface area contributed by atoms with E-state index in [0.29, 0.717) is 13.1 Å². The Hall–Kier alpha value is -0.830. The van der Waals surface area contributed by atoms with E-state index in [1.807, 2.05) is 0 Å². The van der Waals surface area contributed by atoms with Crippen molar-refractivity contribution in [3.05, 3.63) is 11.8 Å². The summed E-state index contributed by atoms with van der Waals surface area (Å²) in [6, 6.07) is 0. The quantitative estimate of drug-likeness (QED) is 0.686. The molecule has 0 unspecified atom stereocenters. The average Bonchev–Trinajstić information content (AvgIpc) is 2.15. The van der Waals surface area contributed by atoms with Gasteiger partial charge in [0.2, 0.25) is 0 Å². The Balaban J connectivity index is 2.61. The highest BCUT2D eigenvalue weighted by molar-refractivity contribution is 5.99. The number of ether oxygens (including phenoxy) is 1. The standard InChI is InChI=1S/C9H16N2O/c1-12-9-5-3-2-4-8(9)11-7-6-10/h5H,2-4,6-7,10H2,1H3. The van der Waals surface area contributed by atoms with Crippen molar-refractivity contribution in [1.29, 1.82) is 0 Å². The van der Waals surface area contributed by atoms with E-state index in [1.54, 1.807) is 7.11 Å². The molecule has 0 heterocycles. The molecule has 0 aromatic carbocycles.